The molecule has 1 aromatic carbocycles. The summed E-state index contributed by atoms with van der Waals surface area (Å²) < 4.78 is 0. The van der Waals surface area contributed by atoms with Crippen molar-refractivity contribution in [2.24, 2.45) is 0 Å². The SMILES string of the molecule is CCNCc1ccc(N2CCN(C)C(C)(C)C2)cc1C. The predicted octanol–water partition coefficient (Wildman–Crippen LogP) is 2.63. The summed E-state index contributed by atoms with van der Waals surface area (Å²) in [5, 5.41) is 3.40. The first-order valence-corrected chi connectivity index (χ1v) is 7.70. The summed E-state index contributed by atoms with van der Waals surface area (Å²) in [6, 6.07) is 6.90. The first-order valence-electron chi connectivity index (χ1n) is 7.70. The van der Waals surface area contributed by atoms with E-state index in [1.165, 1.54) is 16.8 Å². The molecule has 0 bridgehead atoms. The van der Waals surface area contributed by atoms with E-state index in [2.05, 4.69) is 68.1 Å². The maximum absolute atomic E-state index is 3.40. The molecule has 1 fully saturated rings. The Morgan fingerprint density at radius 2 is 2.00 bits per heavy atom. The van der Waals surface area contributed by atoms with Crippen molar-refractivity contribution in [3.63, 3.8) is 0 Å². The van der Waals surface area contributed by atoms with Crippen LogP contribution in [0.5, 0.6) is 0 Å². The smallest absolute Gasteiger partial charge is 0.0370 e. The molecule has 1 saturated heterocycles. The molecule has 0 amide bonds. The van der Waals surface area contributed by atoms with Gasteiger partial charge in [0.15, 0.2) is 0 Å². The molecule has 0 unspecified atom stereocenters. The Morgan fingerprint density at radius 3 is 2.60 bits per heavy atom. The summed E-state index contributed by atoms with van der Waals surface area (Å²) in [7, 11) is 2.22. The van der Waals surface area contributed by atoms with Crippen molar-refractivity contribution >= 4 is 5.69 Å². The van der Waals surface area contributed by atoms with Crippen molar-refractivity contribution in [1.29, 1.82) is 0 Å². The zero-order chi connectivity index (χ0) is 14.8. The van der Waals surface area contributed by atoms with Crippen molar-refractivity contribution in [2.75, 3.05) is 38.1 Å². The molecule has 0 aliphatic carbocycles. The quantitative estimate of drug-likeness (QED) is 0.911. The highest BCUT2D eigenvalue weighted by Crippen LogP contribution is 2.26. The minimum atomic E-state index is 0.245. The van der Waals surface area contributed by atoms with E-state index in [1.54, 1.807) is 0 Å². The van der Waals surface area contributed by atoms with Gasteiger partial charge in [-0.1, -0.05) is 13.0 Å². The normalized spacial score (nSPS) is 19.4. The third kappa shape index (κ3) is 3.33. The van der Waals surface area contributed by atoms with Crippen LogP contribution >= 0.6 is 0 Å². The van der Waals surface area contributed by atoms with E-state index in [9.17, 15) is 0 Å². The lowest BCUT2D eigenvalue weighted by molar-refractivity contribution is 0.139. The van der Waals surface area contributed by atoms with Gasteiger partial charge >= 0.3 is 0 Å². The second-order valence-corrected chi connectivity index (χ2v) is 6.55. The van der Waals surface area contributed by atoms with Gasteiger partial charge in [-0.2, -0.15) is 0 Å². The second-order valence-electron chi connectivity index (χ2n) is 6.55. The number of anilines is 1. The lowest BCUT2D eigenvalue weighted by Crippen LogP contribution is -2.57. The van der Waals surface area contributed by atoms with Crippen molar-refractivity contribution < 1.29 is 0 Å². The highest BCUT2D eigenvalue weighted by Gasteiger charge is 2.31. The monoisotopic (exact) mass is 275 g/mol. The lowest BCUT2D eigenvalue weighted by Gasteiger charge is -2.46. The fourth-order valence-electron chi connectivity index (χ4n) is 2.80. The largest absolute Gasteiger partial charge is 0.368 e. The highest BCUT2D eigenvalue weighted by atomic mass is 15.3. The topological polar surface area (TPSA) is 18.5 Å². The molecule has 20 heavy (non-hydrogen) atoms. The highest BCUT2D eigenvalue weighted by molar-refractivity contribution is 5.51. The predicted molar refractivity (Wildman–Crippen MR) is 87.5 cm³/mol. The van der Waals surface area contributed by atoms with Crippen molar-refractivity contribution in [3.8, 4) is 0 Å². The van der Waals surface area contributed by atoms with Crippen LogP contribution in [-0.2, 0) is 6.54 Å². The van der Waals surface area contributed by atoms with Crippen molar-refractivity contribution in [2.45, 2.75) is 39.8 Å². The summed E-state index contributed by atoms with van der Waals surface area (Å²) in [5.41, 5.74) is 4.40. The molecule has 112 valence electrons. The van der Waals surface area contributed by atoms with Crippen LogP contribution < -0.4 is 10.2 Å². The molecule has 0 radical (unpaired) electrons. The Bertz CT molecular complexity index is 454. The lowest BCUT2D eigenvalue weighted by atomic mass is 9.98. The first kappa shape index (κ1) is 15.3. The van der Waals surface area contributed by atoms with Gasteiger partial charge in [-0.3, -0.25) is 4.90 Å². The number of nitrogens with one attached hydrogen (secondary N) is 1. The van der Waals surface area contributed by atoms with E-state index < -0.39 is 0 Å². The van der Waals surface area contributed by atoms with Gasteiger partial charge in [-0.15, -0.1) is 0 Å². The molecule has 0 saturated carbocycles. The Morgan fingerprint density at radius 1 is 1.25 bits per heavy atom. The van der Waals surface area contributed by atoms with E-state index in [1.807, 2.05) is 0 Å². The van der Waals surface area contributed by atoms with E-state index in [-0.39, 0.29) is 5.54 Å². The summed E-state index contributed by atoms with van der Waals surface area (Å²) in [5.74, 6) is 0. The number of hydrogen-bond donors (Lipinski definition) is 1. The number of piperazine rings is 1. The molecule has 1 aromatic rings. The second kappa shape index (κ2) is 6.15. The number of nitrogens with zero attached hydrogens (tertiary/aromatic N) is 2. The molecule has 1 aliphatic rings. The van der Waals surface area contributed by atoms with E-state index in [4.69, 9.17) is 0 Å². The van der Waals surface area contributed by atoms with Gasteiger partial charge in [0.2, 0.25) is 0 Å². The minimum Gasteiger partial charge on any atom is -0.368 e. The maximum Gasteiger partial charge on any atom is 0.0370 e. The van der Waals surface area contributed by atoms with Crippen molar-refractivity contribution in [3.05, 3.63) is 29.3 Å². The molecule has 3 heteroatoms. The molecule has 1 aliphatic heterocycles. The summed E-state index contributed by atoms with van der Waals surface area (Å²) in [6.45, 7) is 14.3. The molecular weight excluding hydrogens is 246 g/mol. The zero-order valence-corrected chi connectivity index (χ0v) is 13.7. The van der Waals surface area contributed by atoms with Gasteiger partial charge in [0.05, 0.1) is 0 Å². The molecule has 2 rings (SSSR count). The summed E-state index contributed by atoms with van der Waals surface area (Å²) in [6.07, 6.45) is 0. The van der Waals surface area contributed by atoms with Gasteiger partial charge in [0, 0.05) is 37.4 Å². The Labute approximate surface area is 124 Å². The van der Waals surface area contributed by atoms with Gasteiger partial charge in [-0.25, -0.2) is 0 Å². The first-order chi connectivity index (χ1) is 9.44. The third-order valence-corrected chi connectivity index (χ3v) is 4.57. The fourth-order valence-corrected chi connectivity index (χ4v) is 2.80. The standard InChI is InChI=1S/C17H29N3/c1-6-18-12-15-7-8-16(11-14(15)2)20-10-9-19(5)17(3,4)13-20/h7-8,11,18H,6,9-10,12-13H2,1-5H3. The maximum atomic E-state index is 3.40. The zero-order valence-electron chi connectivity index (χ0n) is 13.7. The van der Waals surface area contributed by atoms with Crippen LogP contribution in [0.25, 0.3) is 0 Å². The van der Waals surface area contributed by atoms with Gasteiger partial charge in [0.25, 0.3) is 0 Å². The number of hydrogen-bond acceptors (Lipinski definition) is 3. The molecular formula is C17H29N3. The summed E-state index contributed by atoms with van der Waals surface area (Å²) >= 11 is 0. The molecule has 1 heterocycles. The fraction of sp³-hybridized carbons (Fsp3) is 0.647. The van der Waals surface area contributed by atoms with Gasteiger partial charge in [-0.05, 0) is 57.6 Å². The van der Waals surface area contributed by atoms with Gasteiger partial charge in [0.1, 0.15) is 0 Å². The van der Waals surface area contributed by atoms with Crippen LogP contribution in [0.1, 0.15) is 31.9 Å². The van der Waals surface area contributed by atoms with Crippen LogP contribution in [0.2, 0.25) is 0 Å². The van der Waals surface area contributed by atoms with Crippen LogP contribution in [0.4, 0.5) is 5.69 Å². The van der Waals surface area contributed by atoms with E-state index in [0.29, 0.717) is 0 Å². The number of aryl methyl sites for hydroxylation is 1. The van der Waals surface area contributed by atoms with Crippen LogP contribution in [0, 0.1) is 6.92 Å². The average Bonchev–Trinajstić information content (AvgIpc) is 2.40. The van der Waals surface area contributed by atoms with Gasteiger partial charge < -0.3 is 10.2 Å². The molecule has 1 N–H and O–H groups in total. The number of likely N-dealkylation sites (N-methyl/N-ethyl adjacent to an activating group) is 1. The van der Waals surface area contributed by atoms with E-state index >= 15 is 0 Å². The Balaban J connectivity index is 2.12. The molecule has 3 nitrogen and oxygen atoms in total. The Kier molecular flexibility index (Phi) is 4.71. The van der Waals surface area contributed by atoms with Crippen molar-refractivity contribution in [1.82, 2.24) is 10.2 Å². The summed E-state index contributed by atoms with van der Waals surface area (Å²) in [4.78, 5) is 4.97. The van der Waals surface area contributed by atoms with Crippen LogP contribution in [0.15, 0.2) is 18.2 Å². The number of rotatable bonds is 4. The number of benzene rings is 1. The van der Waals surface area contributed by atoms with Crippen LogP contribution in [-0.4, -0.2) is 43.7 Å². The average molecular weight is 275 g/mol. The molecule has 0 aromatic heterocycles. The van der Waals surface area contributed by atoms with E-state index in [0.717, 1.165) is 32.7 Å². The molecule has 0 atom stereocenters. The minimum absolute atomic E-state index is 0.245. The molecule has 0 spiro atoms. The Hall–Kier alpha value is -1.06. The van der Waals surface area contributed by atoms with Crippen LogP contribution in [0.3, 0.4) is 0 Å². The third-order valence-electron chi connectivity index (χ3n) is 4.57.